The molecule has 0 aromatic heterocycles. The fourth-order valence-electron chi connectivity index (χ4n) is 2.80. The first-order chi connectivity index (χ1) is 14.9. The molecule has 1 aliphatic rings. The van der Waals surface area contributed by atoms with Crippen LogP contribution in [0.15, 0.2) is 52.5 Å². The lowest BCUT2D eigenvalue weighted by atomic mass is 10.1. The lowest BCUT2D eigenvalue weighted by Gasteiger charge is -2.13. The van der Waals surface area contributed by atoms with E-state index in [-0.39, 0.29) is 4.32 Å². The van der Waals surface area contributed by atoms with Crippen LogP contribution in [0.1, 0.15) is 23.6 Å². The van der Waals surface area contributed by atoms with Gasteiger partial charge in [0.25, 0.3) is 5.91 Å². The van der Waals surface area contributed by atoms with Crippen molar-refractivity contribution in [2.24, 2.45) is 5.18 Å². The van der Waals surface area contributed by atoms with Crippen LogP contribution in [0.3, 0.4) is 0 Å². The van der Waals surface area contributed by atoms with E-state index >= 15 is 0 Å². The third-order valence-corrected chi connectivity index (χ3v) is 5.73. The van der Waals surface area contributed by atoms with Crippen LogP contribution in [0.4, 0.5) is 0 Å². The number of hydrogen-bond donors (Lipinski definition) is 0. The van der Waals surface area contributed by atoms with Gasteiger partial charge in [-0.3, -0.25) is 14.5 Å². The lowest BCUT2D eigenvalue weighted by molar-refractivity contribution is -0.127. The summed E-state index contributed by atoms with van der Waals surface area (Å²) in [5, 5.41) is 2.31. The van der Waals surface area contributed by atoms with Gasteiger partial charge in [-0.2, -0.15) is 0 Å². The molecule has 0 radical (unpaired) electrons. The SMILES string of the molecule is CCOc1cc(/C=C2\SC(=S)N(CC(=O)N=O)C2=O)ccc1OCc1ccc(C)cc1. The first-order valence-electron chi connectivity index (χ1n) is 9.48. The van der Waals surface area contributed by atoms with Crippen LogP contribution >= 0.6 is 24.0 Å². The Kier molecular flexibility index (Phi) is 7.54. The molecule has 0 spiro atoms. The molecule has 1 aliphatic heterocycles. The summed E-state index contributed by atoms with van der Waals surface area (Å²) in [6.45, 7) is 4.30. The second kappa shape index (κ2) is 10.3. The number of aryl methyl sites for hydroxylation is 1. The van der Waals surface area contributed by atoms with E-state index in [0.717, 1.165) is 22.2 Å². The van der Waals surface area contributed by atoms with Crippen LogP contribution < -0.4 is 9.47 Å². The Morgan fingerprint density at radius 3 is 2.58 bits per heavy atom. The van der Waals surface area contributed by atoms with E-state index in [1.54, 1.807) is 24.3 Å². The molecule has 0 bridgehead atoms. The Hall–Kier alpha value is -3.04. The monoisotopic (exact) mass is 456 g/mol. The molecule has 0 N–H and O–H groups in total. The van der Waals surface area contributed by atoms with Crippen molar-refractivity contribution in [1.82, 2.24) is 4.90 Å². The zero-order valence-electron chi connectivity index (χ0n) is 17.0. The quantitative estimate of drug-likeness (QED) is 0.329. The molecule has 1 fully saturated rings. The zero-order chi connectivity index (χ0) is 22.4. The number of benzene rings is 2. The third kappa shape index (κ3) is 5.77. The van der Waals surface area contributed by atoms with E-state index in [2.05, 4.69) is 5.18 Å². The van der Waals surface area contributed by atoms with Gasteiger partial charge in [-0.1, -0.05) is 59.9 Å². The Labute approximate surface area is 189 Å². The molecule has 3 rings (SSSR count). The Morgan fingerprint density at radius 1 is 1.16 bits per heavy atom. The molecule has 0 aliphatic carbocycles. The third-order valence-electron chi connectivity index (χ3n) is 4.35. The molecular weight excluding hydrogens is 436 g/mol. The first kappa shape index (κ1) is 22.6. The summed E-state index contributed by atoms with van der Waals surface area (Å²) in [5.41, 5.74) is 2.94. The summed E-state index contributed by atoms with van der Waals surface area (Å²) < 4.78 is 11.8. The largest absolute Gasteiger partial charge is 0.490 e. The van der Waals surface area contributed by atoms with Crippen LogP contribution in [0.2, 0.25) is 0 Å². The van der Waals surface area contributed by atoms with Crippen molar-refractivity contribution in [3.05, 3.63) is 69.0 Å². The van der Waals surface area contributed by atoms with Gasteiger partial charge in [-0.25, -0.2) is 0 Å². The maximum absolute atomic E-state index is 12.5. The van der Waals surface area contributed by atoms with Crippen molar-refractivity contribution in [3.8, 4) is 11.5 Å². The Balaban J connectivity index is 1.77. The van der Waals surface area contributed by atoms with Crippen LogP contribution in [0.25, 0.3) is 6.08 Å². The number of rotatable bonds is 8. The molecular formula is C22H20N2O5S2. The highest BCUT2D eigenvalue weighted by atomic mass is 32.2. The molecule has 2 aromatic rings. The maximum atomic E-state index is 12.5. The summed E-state index contributed by atoms with van der Waals surface area (Å²) in [4.78, 5) is 35.6. The topological polar surface area (TPSA) is 85.3 Å². The number of carbonyl (C=O) groups is 2. The van der Waals surface area contributed by atoms with Crippen LogP contribution in [0, 0.1) is 11.8 Å². The summed E-state index contributed by atoms with van der Waals surface area (Å²) in [6, 6.07) is 13.4. The summed E-state index contributed by atoms with van der Waals surface area (Å²) in [5.74, 6) is -0.245. The van der Waals surface area contributed by atoms with E-state index in [1.807, 2.05) is 38.1 Å². The fourth-order valence-corrected chi connectivity index (χ4v) is 4.05. The number of nitrogens with zero attached hydrogens (tertiary/aromatic N) is 2. The predicted octanol–water partition coefficient (Wildman–Crippen LogP) is 4.47. The van der Waals surface area contributed by atoms with Crippen molar-refractivity contribution in [1.29, 1.82) is 0 Å². The number of nitroso groups, excluding NO2 is 1. The summed E-state index contributed by atoms with van der Waals surface area (Å²) in [7, 11) is 0. The molecule has 2 amide bonds. The van der Waals surface area contributed by atoms with Gasteiger partial charge in [0.1, 0.15) is 17.5 Å². The van der Waals surface area contributed by atoms with Gasteiger partial charge in [-0.15, -0.1) is 4.91 Å². The van der Waals surface area contributed by atoms with E-state index < -0.39 is 18.4 Å². The molecule has 31 heavy (non-hydrogen) atoms. The summed E-state index contributed by atoms with van der Waals surface area (Å²) in [6.07, 6.45) is 1.66. The molecule has 0 unspecified atom stereocenters. The highest BCUT2D eigenvalue weighted by Crippen LogP contribution is 2.35. The van der Waals surface area contributed by atoms with E-state index in [9.17, 15) is 14.5 Å². The van der Waals surface area contributed by atoms with Crippen molar-refractivity contribution in [3.63, 3.8) is 0 Å². The van der Waals surface area contributed by atoms with Gasteiger partial charge in [0.05, 0.1) is 11.5 Å². The molecule has 1 saturated heterocycles. The number of ether oxygens (including phenoxy) is 2. The van der Waals surface area contributed by atoms with Crippen molar-refractivity contribution in [2.45, 2.75) is 20.5 Å². The Morgan fingerprint density at radius 2 is 1.90 bits per heavy atom. The molecule has 2 aromatic carbocycles. The van der Waals surface area contributed by atoms with Crippen molar-refractivity contribution < 1.29 is 19.1 Å². The van der Waals surface area contributed by atoms with Gasteiger partial charge in [0.2, 0.25) is 0 Å². The van der Waals surface area contributed by atoms with Crippen LogP contribution in [-0.4, -0.2) is 34.2 Å². The normalized spacial score (nSPS) is 14.8. The second-order valence-electron chi connectivity index (χ2n) is 6.67. The highest BCUT2D eigenvalue weighted by Gasteiger charge is 2.33. The molecule has 1 heterocycles. The van der Waals surface area contributed by atoms with Crippen LogP contribution in [0.5, 0.6) is 11.5 Å². The minimum absolute atomic E-state index is 0.205. The van der Waals surface area contributed by atoms with E-state index in [0.29, 0.717) is 35.2 Å². The van der Waals surface area contributed by atoms with Gasteiger partial charge < -0.3 is 9.47 Å². The van der Waals surface area contributed by atoms with Crippen molar-refractivity contribution in [2.75, 3.05) is 13.2 Å². The van der Waals surface area contributed by atoms with Gasteiger partial charge in [0, 0.05) is 5.18 Å². The number of thiocarbonyl (C=S) groups is 1. The minimum Gasteiger partial charge on any atom is -0.490 e. The average Bonchev–Trinajstić information content (AvgIpc) is 3.01. The fraction of sp³-hybridized carbons (Fsp3) is 0.227. The second-order valence-corrected chi connectivity index (χ2v) is 8.34. The van der Waals surface area contributed by atoms with Crippen LogP contribution in [-0.2, 0) is 16.2 Å². The predicted molar refractivity (Wildman–Crippen MR) is 124 cm³/mol. The summed E-state index contributed by atoms with van der Waals surface area (Å²) >= 11 is 6.20. The lowest BCUT2D eigenvalue weighted by Crippen LogP contribution is -2.32. The molecule has 9 heteroatoms. The number of thioether (sulfide) groups is 1. The first-order valence-corrected chi connectivity index (χ1v) is 10.7. The zero-order valence-corrected chi connectivity index (χ0v) is 18.6. The average molecular weight is 457 g/mol. The minimum atomic E-state index is -0.953. The molecule has 7 nitrogen and oxygen atoms in total. The van der Waals surface area contributed by atoms with Gasteiger partial charge in [0.15, 0.2) is 11.5 Å². The number of amides is 2. The van der Waals surface area contributed by atoms with Gasteiger partial charge in [-0.05, 0) is 43.2 Å². The van der Waals surface area contributed by atoms with Gasteiger partial charge >= 0.3 is 5.91 Å². The number of carbonyl (C=O) groups excluding carboxylic acids is 2. The maximum Gasteiger partial charge on any atom is 0.306 e. The van der Waals surface area contributed by atoms with E-state index in [1.165, 1.54) is 5.56 Å². The molecule has 160 valence electrons. The van der Waals surface area contributed by atoms with Crippen molar-refractivity contribution >= 4 is 46.2 Å². The molecule has 0 atom stereocenters. The Bertz CT molecular complexity index is 1050. The molecule has 0 saturated carbocycles. The standard InChI is InChI=1S/C22H20N2O5S2/c1-3-28-18-10-16(8-9-17(18)29-13-15-6-4-14(2)5-7-15)11-19-21(26)24(22(30)31-19)12-20(25)23-27/h4-11H,3,12-13H2,1-2H3/b19-11-. The smallest absolute Gasteiger partial charge is 0.306 e. The van der Waals surface area contributed by atoms with E-state index in [4.69, 9.17) is 21.7 Å². The highest BCUT2D eigenvalue weighted by molar-refractivity contribution is 8.26. The number of hydrogen-bond acceptors (Lipinski definition) is 7.